The summed E-state index contributed by atoms with van der Waals surface area (Å²) in [5.74, 6) is -0.411. The van der Waals surface area contributed by atoms with Gasteiger partial charge in [-0.3, -0.25) is 13.8 Å². The number of carbonyl (C=O) groups excluding carboxylic acids is 1. The molecule has 0 bridgehead atoms. The lowest BCUT2D eigenvalue weighted by atomic mass is 10.2. The lowest BCUT2D eigenvalue weighted by Gasteiger charge is -2.16. The van der Waals surface area contributed by atoms with Crippen molar-refractivity contribution < 1.29 is 21.6 Å². The first kappa shape index (κ1) is 22.3. The summed E-state index contributed by atoms with van der Waals surface area (Å²) in [5.41, 5.74) is 1.62. The predicted molar refractivity (Wildman–Crippen MR) is 121 cm³/mol. The summed E-state index contributed by atoms with van der Waals surface area (Å²) in [5, 5.41) is 2.68. The number of anilines is 3. The Kier molecular flexibility index (Phi) is 6.32. The van der Waals surface area contributed by atoms with Gasteiger partial charge in [0.2, 0.25) is 10.0 Å². The van der Waals surface area contributed by atoms with Gasteiger partial charge in [-0.25, -0.2) is 16.8 Å². The number of benzene rings is 3. The van der Waals surface area contributed by atoms with Crippen molar-refractivity contribution in [3.8, 4) is 0 Å². The van der Waals surface area contributed by atoms with Crippen LogP contribution >= 0.6 is 0 Å². The molecule has 0 unspecified atom stereocenters. The number of para-hydroxylation sites is 1. The fourth-order valence-electron chi connectivity index (χ4n) is 2.66. The molecule has 0 aliphatic heterocycles. The number of carbonyl (C=O) groups is 1. The SMILES string of the molecule is CN(c1ccc(C(=O)Nc2ccc(S(=O)(=O)Nc3ccccc3)cc2)cc1)S(C)(=O)=O. The fourth-order valence-corrected chi connectivity index (χ4v) is 4.22. The molecule has 31 heavy (non-hydrogen) atoms. The number of sulfonamides is 2. The van der Waals surface area contributed by atoms with E-state index in [0.29, 0.717) is 22.6 Å². The molecule has 0 atom stereocenters. The van der Waals surface area contributed by atoms with Crippen molar-refractivity contribution in [3.05, 3.63) is 84.4 Å². The molecular formula is C21H21N3O5S2. The zero-order valence-corrected chi connectivity index (χ0v) is 18.4. The lowest BCUT2D eigenvalue weighted by molar-refractivity contribution is 0.102. The van der Waals surface area contributed by atoms with Crippen molar-refractivity contribution in [2.75, 3.05) is 27.6 Å². The number of hydrogen-bond acceptors (Lipinski definition) is 5. The Labute approximate surface area is 181 Å². The molecule has 3 aromatic rings. The molecule has 10 heteroatoms. The number of hydrogen-bond donors (Lipinski definition) is 2. The van der Waals surface area contributed by atoms with Crippen LogP contribution in [0.4, 0.5) is 17.1 Å². The Morgan fingerprint density at radius 1 is 0.774 bits per heavy atom. The molecule has 1 amide bonds. The third-order valence-corrected chi connectivity index (χ3v) is 7.04. The van der Waals surface area contributed by atoms with E-state index in [1.54, 1.807) is 30.3 Å². The predicted octanol–water partition coefficient (Wildman–Crippen LogP) is 3.14. The van der Waals surface area contributed by atoms with Gasteiger partial charge in [-0.05, 0) is 60.7 Å². The van der Waals surface area contributed by atoms with Gasteiger partial charge in [0.25, 0.3) is 15.9 Å². The van der Waals surface area contributed by atoms with Gasteiger partial charge in [-0.2, -0.15) is 0 Å². The average molecular weight is 460 g/mol. The van der Waals surface area contributed by atoms with E-state index in [1.807, 2.05) is 0 Å². The van der Waals surface area contributed by atoms with Gasteiger partial charge in [0.1, 0.15) is 0 Å². The Bertz CT molecular complexity index is 1270. The maximum atomic E-state index is 12.5. The first-order valence-electron chi connectivity index (χ1n) is 9.09. The molecule has 0 saturated carbocycles. The summed E-state index contributed by atoms with van der Waals surface area (Å²) < 4.78 is 51.7. The monoisotopic (exact) mass is 459 g/mol. The maximum absolute atomic E-state index is 12.5. The van der Waals surface area contributed by atoms with Crippen LogP contribution in [0.1, 0.15) is 10.4 Å². The van der Waals surface area contributed by atoms with Crippen LogP contribution in [-0.2, 0) is 20.0 Å². The van der Waals surface area contributed by atoms with Crippen LogP contribution in [0.5, 0.6) is 0 Å². The molecule has 8 nitrogen and oxygen atoms in total. The number of rotatable bonds is 7. The van der Waals surface area contributed by atoms with Gasteiger partial charge in [-0.15, -0.1) is 0 Å². The van der Waals surface area contributed by atoms with Crippen molar-refractivity contribution in [1.29, 1.82) is 0 Å². The minimum absolute atomic E-state index is 0.0579. The minimum atomic E-state index is -3.75. The van der Waals surface area contributed by atoms with E-state index < -0.39 is 26.0 Å². The van der Waals surface area contributed by atoms with Crippen LogP contribution in [0, 0.1) is 0 Å². The molecule has 0 spiro atoms. The average Bonchev–Trinajstić information content (AvgIpc) is 2.73. The van der Waals surface area contributed by atoms with Crippen LogP contribution < -0.4 is 14.3 Å². The van der Waals surface area contributed by atoms with Crippen LogP contribution in [0.25, 0.3) is 0 Å². The molecule has 162 valence electrons. The van der Waals surface area contributed by atoms with Crippen LogP contribution in [0.15, 0.2) is 83.8 Å². The van der Waals surface area contributed by atoms with Gasteiger partial charge >= 0.3 is 0 Å². The van der Waals surface area contributed by atoms with Gasteiger partial charge in [-0.1, -0.05) is 18.2 Å². The number of amides is 1. The zero-order chi connectivity index (χ0) is 22.6. The summed E-state index contributed by atoms with van der Waals surface area (Å²) in [4.78, 5) is 12.5. The van der Waals surface area contributed by atoms with Crippen molar-refractivity contribution in [2.24, 2.45) is 0 Å². The van der Waals surface area contributed by atoms with Crippen LogP contribution in [0.2, 0.25) is 0 Å². The zero-order valence-electron chi connectivity index (χ0n) is 16.8. The summed E-state index contributed by atoms with van der Waals surface area (Å²) in [6.07, 6.45) is 1.09. The first-order chi connectivity index (χ1) is 14.6. The molecular weight excluding hydrogens is 438 g/mol. The number of nitrogens with zero attached hydrogens (tertiary/aromatic N) is 1. The molecule has 0 radical (unpaired) electrons. The Balaban J connectivity index is 1.69. The standard InChI is InChI=1S/C21H21N3O5S2/c1-24(30(2,26)27)19-12-8-16(9-13-19)21(25)22-17-10-14-20(15-11-17)31(28,29)23-18-6-4-3-5-7-18/h3-15,23H,1-2H3,(H,22,25). The summed E-state index contributed by atoms with van der Waals surface area (Å²) in [6.45, 7) is 0. The highest BCUT2D eigenvalue weighted by Gasteiger charge is 2.15. The van der Waals surface area contributed by atoms with Gasteiger partial charge in [0, 0.05) is 24.0 Å². The van der Waals surface area contributed by atoms with E-state index in [0.717, 1.165) is 10.6 Å². The first-order valence-corrected chi connectivity index (χ1v) is 12.4. The largest absolute Gasteiger partial charge is 0.322 e. The summed E-state index contributed by atoms with van der Waals surface area (Å²) in [6, 6.07) is 20.4. The van der Waals surface area contributed by atoms with Gasteiger partial charge in [0.15, 0.2) is 0 Å². The topological polar surface area (TPSA) is 113 Å². The third-order valence-electron chi connectivity index (χ3n) is 4.44. The second-order valence-corrected chi connectivity index (χ2v) is 10.4. The molecule has 0 aliphatic carbocycles. The second-order valence-electron chi connectivity index (χ2n) is 6.73. The molecule has 0 heterocycles. The van der Waals surface area contributed by atoms with Crippen molar-refractivity contribution >= 4 is 43.0 Å². The van der Waals surface area contributed by atoms with Crippen LogP contribution in [-0.4, -0.2) is 36.0 Å². The smallest absolute Gasteiger partial charge is 0.261 e. The quantitative estimate of drug-likeness (QED) is 0.564. The number of nitrogens with one attached hydrogen (secondary N) is 2. The Hall–Kier alpha value is -3.37. The highest BCUT2D eigenvalue weighted by Crippen LogP contribution is 2.20. The van der Waals surface area contributed by atoms with E-state index in [1.165, 1.54) is 55.6 Å². The lowest BCUT2D eigenvalue weighted by Crippen LogP contribution is -2.24. The normalized spacial score (nSPS) is 11.5. The van der Waals surface area contributed by atoms with E-state index in [-0.39, 0.29) is 4.90 Å². The molecule has 2 N–H and O–H groups in total. The minimum Gasteiger partial charge on any atom is -0.322 e. The summed E-state index contributed by atoms with van der Waals surface area (Å²) >= 11 is 0. The molecule has 0 aliphatic rings. The Morgan fingerprint density at radius 2 is 1.35 bits per heavy atom. The highest BCUT2D eigenvalue weighted by molar-refractivity contribution is 7.92. The van der Waals surface area contributed by atoms with E-state index in [9.17, 15) is 21.6 Å². The molecule has 3 rings (SSSR count). The molecule has 0 saturated heterocycles. The Morgan fingerprint density at radius 3 is 1.90 bits per heavy atom. The van der Waals surface area contributed by atoms with E-state index in [4.69, 9.17) is 0 Å². The van der Waals surface area contributed by atoms with Gasteiger partial charge in [0.05, 0.1) is 16.8 Å². The fraction of sp³-hybridized carbons (Fsp3) is 0.0952. The van der Waals surface area contributed by atoms with E-state index in [2.05, 4.69) is 10.0 Å². The molecule has 0 fully saturated rings. The second kappa shape index (κ2) is 8.78. The van der Waals surface area contributed by atoms with Crippen molar-refractivity contribution in [3.63, 3.8) is 0 Å². The van der Waals surface area contributed by atoms with E-state index >= 15 is 0 Å². The van der Waals surface area contributed by atoms with Crippen molar-refractivity contribution in [2.45, 2.75) is 4.90 Å². The molecule has 3 aromatic carbocycles. The molecule has 0 aromatic heterocycles. The highest BCUT2D eigenvalue weighted by atomic mass is 32.2. The maximum Gasteiger partial charge on any atom is 0.261 e. The van der Waals surface area contributed by atoms with Gasteiger partial charge < -0.3 is 5.32 Å². The third kappa shape index (κ3) is 5.62. The van der Waals surface area contributed by atoms with Crippen LogP contribution in [0.3, 0.4) is 0 Å². The van der Waals surface area contributed by atoms with Crippen molar-refractivity contribution in [1.82, 2.24) is 0 Å². The summed E-state index contributed by atoms with van der Waals surface area (Å²) in [7, 11) is -5.72.